The van der Waals surface area contributed by atoms with Crippen molar-refractivity contribution < 1.29 is 4.74 Å². The summed E-state index contributed by atoms with van der Waals surface area (Å²) in [5, 5.41) is 7.07. The molecule has 0 fully saturated rings. The predicted molar refractivity (Wildman–Crippen MR) is 180 cm³/mol. The quantitative estimate of drug-likeness (QED) is 0.183. The van der Waals surface area contributed by atoms with Crippen molar-refractivity contribution in [2.24, 2.45) is 0 Å². The van der Waals surface area contributed by atoms with Gasteiger partial charge in [0.05, 0.1) is 11.4 Å². The summed E-state index contributed by atoms with van der Waals surface area (Å²) in [5.74, 6) is 2.66. The van der Waals surface area contributed by atoms with Gasteiger partial charge in [0.1, 0.15) is 16.9 Å². The van der Waals surface area contributed by atoms with Crippen molar-refractivity contribution in [2.75, 3.05) is 0 Å². The lowest BCUT2D eigenvalue weighted by Crippen LogP contribution is -2.09. The number of para-hydroxylation sites is 1. The van der Waals surface area contributed by atoms with E-state index >= 15 is 0 Å². The number of hydrogen-bond donors (Lipinski definition) is 0. The Kier molecular flexibility index (Phi) is 7.18. The number of nitrogens with zero attached hydrogens (tertiary/aromatic N) is 5. The maximum absolute atomic E-state index is 6.36. The lowest BCUT2D eigenvalue weighted by molar-refractivity contribution is 0.464. The lowest BCUT2D eigenvalue weighted by Gasteiger charge is -2.20. The smallest absolute Gasteiger partial charge is 0.219 e. The van der Waals surface area contributed by atoms with Crippen molar-refractivity contribution >= 4 is 31.6 Å². The molecule has 0 aliphatic carbocycles. The zero-order valence-electron chi connectivity index (χ0n) is 25.4. The summed E-state index contributed by atoms with van der Waals surface area (Å²) in [5.41, 5.74) is 7.46. The third-order valence-electron chi connectivity index (χ3n) is 7.92. The van der Waals surface area contributed by atoms with Crippen LogP contribution in [0.15, 0.2) is 97.3 Å². The molecule has 7 aromatic rings. The molecule has 0 aliphatic rings. The average molecular weight is 596 g/mol. The Morgan fingerprint density at radius 1 is 0.750 bits per heavy atom. The molecule has 4 heterocycles. The molecule has 0 saturated carbocycles. The van der Waals surface area contributed by atoms with E-state index in [2.05, 4.69) is 76.2 Å². The summed E-state index contributed by atoms with van der Waals surface area (Å²) in [7, 11) is 0. The molecule has 0 N–H and O–H groups in total. The molecule has 7 rings (SSSR count). The summed E-state index contributed by atoms with van der Waals surface area (Å²) in [6.45, 7) is 10.9. The highest BCUT2D eigenvalue weighted by atomic mass is 32.1. The van der Waals surface area contributed by atoms with Crippen LogP contribution >= 0.6 is 11.3 Å². The molecule has 0 aliphatic heterocycles. The van der Waals surface area contributed by atoms with Crippen LogP contribution in [0.1, 0.15) is 56.4 Å². The van der Waals surface area contributed by atoms with Gasteiger partial charge in [0.25, 0.3) is 0 Å². The van der Waals surface area contributed by atoms with Crippen LogP contribution < -0.4 is 4.74 Å². The summed E-state index contributed by atoms with van der Waals surface area (Å²) in [6.07, 6.45) is 1.63. The van der Waals surface area contributed by atoms with Gasteiger partial charge in [0.15, 0.2) is 5.82 Å². The number of rotatable bonds is 7. The number of fused-ring (bicyclic) bond motifs is 3. The van der Waals surface area contributed by atoms with Crippen molar-refractivity contribution in [3.05, 3.63) is 114 Å². The summed E-state index contributed by atoms with van der Waals surface area (Å²) < 4.78 is 9.51. The standard InChI is InChI=1S/C37H33N5OS/c1-22(2)27-12-7-13-28(23(3)4)34(27)42-36(38-21-39-42)25-10-6-11-26(20-25)43-33-17-9-16-32(41-33)31-15-8-14-29-30-19-18-24(5)40-37(30)44-35(29)31/h6-23H,1-5H3. The largest absolute Gasteiger partial charge is 0.439 e. The fourth-order valence-corrected chi connectivity index (χ4v) is 7.01. The molecular formula is C37H33N5OS. The van der Waals surface area contributed by atoms with E-state index in [4.69, 9.17) is 24.8 Å². The second-order valence-electron chi connectivity index (χ2n) is 11.7. The van der Waals surface area contributed by atoms with Crippen molar-refractivity contribution in [1.82, 2.24) is 24.7 Å². The Hall–Kier alpha value is -4.88. The Balaban J connectivity index is 1.24. The summed E-state index contributed by atoms with van der Waals surface area (Å²) in [4.78, 5) is 15.4. The molecule has 7 heteroatoms. The molecule has 44 heavy (non-hydrogen) atoms. The van der Waals surface area contributed by atoms with Gasteiger partial charge in [-0.25, -0.2) is 19.6 Å². The van der Waals surface area contributed by atoms with E-state index in [1.54, 1.807) is 17.7 Å². The molecule has 218 valence electrons. The van der Waals surface area contributed by atoms with Gasteiger partial charge in [-0.3, -0.25) is 0 Å². The molecule has 0 unspecified atom stereocenters. The monoisotopic (exact) mass is 595 g/mol. The summed E-state index contributed by atoms with van der Waals surface area (Å²) in [6, 6.07) is 31.0. The van der Waals surface area contributed by atoms with Crippen molar-refractivity contribution in [3.63, 3.8) is 0 Å². The lowest BCUT2D eigenvalue weighted by atomic mass is 9.92. The van der Waals surface area contributed by atoms with Crippen LogP contribution in [0.25, 0.3) is 48.6 Å². The zero-order valence-corrected chi connectivity index (χ0v) is 26.3. The Labute approximate surface area is 261 Å². The fourth-order valence-electron chi connectivity index (χ4n) is 5.77. The van der Waals surface area contributed by atoms with Crippen LogP contribution in [-0.4, -0.2) is 24.7 Å². The van der Waals surface area contributed by atoms with Crippen LogP contribution in [-0.2, 0) is 0 Å². The van der Waals surface area contributed by atoms with Gasteiger partial charge in [0, 0.05) is 38.4 Å². The van der Waals surface area contributed by atoms with Crippen LogP contribution in [0, 0.1) is 6.92 Å². The normalized spacial score (nSPS) is 11.7. The summed E-state index contributed by atoms with van der Waals surface area (Å²) >= 11 is 1.71. The zero-order chi connectivity index (χ0) is 30.4. The van der Waals surface area contributed by atoms with E-state index in [-0.39, 0.29) is 0 Å². The number of hydrogen-bond acceptors (Lipinski definition) is 6. The molecule has 4 aromatic heterocycles. The maximum Gasteiger partial charge on any atom is 0.219 e. The van der Waals surface area contributed by atoms with Crippen molar-refractivity contribution in [2.45, 2.75) is 46.5 Å². The van der Waals surface area contributed by atoms with Crippen LogP contribution in [0.5, 0.6) is 11.6 Å². The van der Waals surface area contributed by atoms with E-state index in [1.165, 1.54) is 26.6 Å². The van der Waals surface area contributed by atoms with E-state index in [0.29, 0.717) is 23.5 Å². The first-order valence-electron chi connectivity index (χ1n) is 14.9. The van der Waals surface area contributed by atoms with Gasteiger partial charge in [0.2, 0.25) is 5.88 Å². The van der Waals surface area contributed by atoms with Gasteiger partial charge in [-0.05, 0) is 60.2 Å². The molecule has 0 saturated heterocycles. The predicted octanol–water partition coefficient (Wildman–Crippen LogP) is 10.1. The van der Waals surface area contributed by atoms with E-state index in [1.807, 2.05) is 54.1 Å². The third kappa shape index (κ3) is 5.03. The van der Waals surface area contributed by atoms with E-state index < -0.39 is 0 Å². The molecule has 0 radical (unpaired) electrons. The molecular weight excluding hydrogens is 563 g/mol. The highest BCUT2D eigenvalue weighted by Crippen LogP contribution is 2.39. The van der Waals surface area contributed by atoms with Gasteiger partial charge >= 0.3 is 0 Å². The van der Waals surface area contributed by atoms with Crippen LogP contribution in [0.3, 0.4) is 0 Å². The number of pyridine rings is 2. The minimum absolute atomic E-state index is 0.340. The first-order chi connectivity index (χ1) is 21.4. The second-order valence-corrected chi connectivity index (χ2v) is 12.7. The molecule has 0 amide bonds. The number of aryl methyl sites for hydroxylation is 1. The van der Waals surface area contributed by atoms with Crippen molar-refractivity contribution in [3.8, 4) is 40.0 Å². The number of ether oxygens (including phenoxy) is 1. The molecule has 0 bridgehead atoms. The average Bonchev–Trinajstić information content (AvgIpc) is 3.65. The topological polar surface area (TPSA) is 65.7 Å². The van der Waals surface area contributed by atoms with Gasteiger partial charge in [-0.1, -0.05) is 82.3 Å². The molecule has 3 aromatic carbocycles. The molecule has 0 atom stereocenters. The Bertz CT molecular complexity index is 2120. The number of aromatic nitrogens is 5. The SMILES string of the molecule is Cc1ccc2c(n1)sc1c(-c3cccc(Oc4cccc(-c5ncnn5-c5c(C(C)C)cccc5C(C)C)c4)n3)cccc12. The first kappa shape index (κ1) is 27.9. The maximum atomic E-state index is 6.36. The van der Waals surface area contributed by atoms with Crippen LogP contribution in [0.4, 0.5) is 0 Å². The Morgan fingerprint density at radius 2 is 1.50 bits per heavy atom. The number of thiophene rings is 1. The van der Waals surface area contributed by atoms with E-state index in [0.717, 1.165) is 38.9 Å². The molecule has 0 spiro atoms. The first-order valence-corrected chi connectivity index (χ1v) is 15.8. The minimum atomic E-state index is 0.340. The number of benzene rings is 3. The second kappa shape index (κ2) is 11.3. The third-order valence-corrected chi connectivity index (χ3v) is 9.07. The van der Waals surface area contributed by atoms with Gasteiger partial charge < -0.3 is 4.74 Å². The van der Waals surface area contributed by atoms with Crippen molar-refractivity contribution in [1.29, 1.82) is 0 Å². The Morgan fingerprint density at radius 3 is 2.30 bits per heavy atom. The van der Waals surface area contributed by atoms with Gasteiger partial charge in [-0.2, -0.15) is 5.10 Å². The fraction of sp³-hybridized carbons (Fsp3) is 0.189. The molecule has 6 nitrogen and oxygen atoms in total. The highest BCUT2D eigenvalue weighted by molar-refractivity contribution is 7.26. The van der Waals surface area contributed by atoms with Gasteiger partial charge in [-0.15, -0.1) is 11.3 Å². The van der Waals surface area contributed by atoms with E-state index in [9.17, 15) is 0 Å². The highest BCUT2D eigenvalue weighted by Gasteiger charge is 2.20. The van der Waals surface area contributed by atoms with Crippen LogP contribution in [0.2, 0.25) is 0 Å². The minimum Gasteiger partial charge on any atom is -0.439 e.